The minimum absolute atomic E-state index is 0.0657. The van der Waals surface area contributed by atoms with Crippen LogP contribution in [0.15, 0.2) is 23.1 Å². The molecule has 0 amide bonds. The highest BCUT2D eigenvalue weighted by molar-refractivity contribution is 7.89. The molecule has 0 saturated carbocycles. The number of benzene rings is 1. The largest absolute Gasteiger partial charge is 0.393 e. The van der Waals surface area contributed by atoms with Gasteiger partial charge in [-0.05, 0) is 18.2 Å². The molecule has 0 spiro atoms. The van der Waals surface area contributed by atoms with Crippen molar-refractivity contribution >= 4 is 50.4 Å². The quantitative estimate of drug-likeness (QED) is 0.710. The number of rotatable bonds is 8. The lowest BCUT2D eigenvalue weighted by molar-refractivity contribution is 0.179. The zero-order valence-corrected chi connectivity index (χ0v) is 14.5. The second-order valence-corrected chi connectivity index (χ2v) is 7.47. The molecular weight excluding hydrogens is 355 g/mol. The number of hydrogen-bond acceptors (Lipinski definition) is 4. The molecule has 0 bridgehead atoms. The first-order valence-electron chi connectivity index (χ1n) is 6.01. The molecule has 5 nitrogen and oxygen atoms in total. The Balaban J connectivity index is 3.06. The van der Waals surface area contributed by atoms with Crippen molar-refractivity contribution in [2.75, 3.05) is 26.8 Å². The molecule has 0 heterocycles. The highest BCUT2D eigenvalue weighted by Gasteiger charge is 2.24. The van der Waals surface area contributed by atoms with Crippen molar-refractivity contribution in [3.8, 4) is 0 Å². The SMILES string of the molecule is COCCN(CCC(N)=S)S(=O)(=O)c1ccc(Cl)c(Cl)c1. The number of nitrogens with zero attached hydrogens (tertiary/aromatic N) is 1. The lowest BCUT2D eigenvalue weighted by Crippen LogP contribution is -2.36. The molecule has 0 aliphatic heterocycles. The van der Waals surface area contributed by atoms with E-state index >= 15 is 0 Å². The van der Waals surface area contributed by atoms with E-state index in [4.69, 9.17) is 45.9 Å². The van der Waals surface area contributed by atoms with E-state index in [1.807, 2.05) is 0 Å². The van der Waals surface area contributed by atoms with Gasteiger partial charge in [-0.2, -0.15) is 4.31 Å². The van der Waals surface area contributed by atoms with Crippen molar-refractivity contribution < 1.29 is 13.2 Å². The topological polar surface area (TPSA) is 72.6 Å². The van der Waals surface area contributed by atoms with Crippen molar-refractivity contribution in [1.82, 2.24) is 4.31 Å². The monoisotopic (exact) mass is 370 g/mol. The third-order valence-corrected chi connectivity index (χ3v) is 5.52. The van der Waals surface area contributed by atoms with Crippen molar-refractivity contribution in [1.29, 1.82) is 0 Å². The Labute approximate surface area is 140 Å². The second kappa shape index (κ2) is 8.26. The summed E-state index contributed by atoms with van der Waals surface area (Å²) in [4.78, 5) is 0.317. The minimum Gasteiger partial charge on any atom is -0.393 e. The van der Waals surface area contributed by atoms with E-state index in [1.165, 1.54) is 29.6 Å². The van der Waals surface area contributed by atoms with Crippen molar-refractivity contribution in [2.24, 2.45) is 5.73 Å². The van der Waals surface area contributed by atoms with Crippen LogP contribution in [0.3, 0.4) is 0 Å². The zero-order valence-electron chi connectivity index (χ0n) is 11.4. The Morgan fingerprint density at radius 2 is 2.00 bits per heavy atom. The molecule has 9 heteroatoms. The Bertz CT molecular complexity index is 609. The predicted molar refractivity (Wildman–Crippen MR) is 88.5 cm³/mol. The molecule has 118 valence electrons. The summed E-state index contributed by atoms with van der Waals surface area (Å²) in [6, 6.07) is 4.17. The zero-order chi connectivity index (χ0) is 16.0. The van der Waals surface area contributed by atoms with Gasteiger partial charge in [0, 0.05) is 26.6 Å². The van der Waals surface area contributed by atoms with Crippen LogP contribution in [0.1, 0.15) is 6.42 Å². The van der Waals surface area contributed by atoms with E-state index in [9.17, 15) is 8.42 Å². The molecule has 0 aliphatic rings. The smallest absolute Gasteiger partial charge is 0.243 e. The van der Waals surface area contributed by atoms with Crippen molar-refractivity contribution in [3.05, 3.63) is 28.2 Å². The maximum atomic E-state index is 12.6. The van der Waals surface area contributed by atoms with Crippen LogP contribution < -0.4 is 5.73 Å². The fraction of sp³-hybridized carbons (Fsp3) is 0.417. The molecule has 0 aromatic heterocycles. The third kappa shape index (κ3) is 5.36. The van der Waals surface area contributed by atoms with Crippen LogP contribution in [0.4, 0.5) is 0 Å². The van der Waals surface area contributed by atoms with Gasteiger partial charge in [-0.3, -0.25) is 0 Å². The van der Waals surface area contributed by atoms with Crippen LogP contribution in [0.2, 0.25) is 10.0 Å². The van der Waals surface area contributed by atoms with Crippen molar-refractivity contribution in [2.45, 2.75) is 11.3 Å². The Morgan fingerprint density at radius 3 is 2.52 bits per heavy atom. The fourth-order valence-electron chi connectivity index (χ4n) is 1.57. The molecule has 1 aromatic rings. The highest BCUT2D eigenvalue weighted by Crippen LogP contribution is 2.26. The van der Waals surface area contributed by atoms with E-state index in [2.05, 4.69) is 0 Å². The summed E-state index contributed by atoms with van der Waals surface area (Å²) in [5.74, 6) is 0. The molecule has 0 fully saturated rings. The van der Waals surface area contributed by atoms with Crippen LogP contribution in [-0.2, 0) is 14.8 Å². The minimum atomic E-state index is -3.71. The normalized spacial score (nSPS) is 11.8. The molecule has 0 aliphatic carbocycles. The van der Waals surface area contributed by atoms with Gasteiger partial charge in [0.15, 0.2) is 0 Å². The Hall–Kier alpha value is -0.440. The van der Waals surface area contributed by atoms with Gasteiger partial charge < -0.3 is 10.5 Å². The van der Waals surface area contributed by atoms with Gasteiger partial charge in [0.25, 0.3) is 0 Å². The number of thiocarbonyl (C=S) groups is 1. The lowest BCUT2D eigenvalue weighted by atomic mass is 10.4. The van der Waals surface area contributed by atoms with Crippen LogP contribution in [-0.4, -0.2) is 44.5 Å². The summed E-state index contributed by atoms with van der Waals surface area (Å²) in [6.07, 6.45) is 0.291. The Kier molecular flexibility index (Phi) is 7.32. The van der Waals surface area contributed by atoms with Gasteiger partial charge in [-0.25, -0.2) is 8.42 Å². The summed E-state index contributed by atoms with van der Waals surface area (Å²) in [5.41, 5.74) is 5.44. The van der Waals surface area contributed by atoms with Gasteiger partial charge in [-0.1, -0.05) is 35.4 Å². The van der Waals surface area contributed by atoms with Gasteiger partial charge in [0.05, 0.1) is 26.5 Å². The van der Waals surface area contributed by atoms with Crippen molar-refractivity contribution in [3.63, 3.8) is 0 Å². The van der Waals surface area contributed by atoms with Crippen LogP contribution in [0, 0.1) is 0 Å². The average Bonchev–Trinajstić information content (AvgIpc) is 2.41. The van der Waals surface area contributed by atoms with E-state index in [0.717, 1.165) is 0 Å². The molecule has 0 atom stereocenters. The Morgan fingerprint density at radius 1 is 1.33 bits per heavy atom. The lowest BCUT2D eigenvalue weighted by Gasteiger charge is -2.22. The van der Waals surface area contributed by atoms with Crippen LogP contribution in [0.5, 0.6) is 0 Å². The van der Waals surface area contributed by atoms with Gasteiger partial charge >= 0.3 is 0 Å². The average molecular weight is 371 g/mol. The number of methoxy groups -OCH3 is 1. The number of sulfonamides is 1. The first kappa shape index (κ1) is 18.6. The standard InChI is InChI=1S/C12H16Cl2N2O3S2/c1-19-7-6-16(5-4-12(15)20)21(17,18)9-2-3-10(13)11(14)8-9/h2-3,8H,4-7H2,1H3,(H2,15,20). The summed E-state index contributed by atoms with van der Waals surface area (Å²) < 4.78 is 31.4. The molecule has 0 unspecified atom stereocenters. The fourth-order valence-corrected chi connectivity index (χ4v) is 3.47. The number of nitrogens with two attached hydrogens (primary N) is 1. The first-order chi connectivity index (χ1) is 9.78. The predicted octanol–water partition coefficient (Wildman–Crippen LogP) is 2.31. The van der Waals surface area contributed by atoms with Gasteiger partial charge in [0.2, 0.25) is 10.0 Å². The van der Waals surface area contributed by atoms with E-state index in [0.29, 0.717) is 11.4 Å². The van der Waals surface area contributed by atoms with Gasteiger partial charge in [-0.15, -0.1) is 0 Å². The van der Waals surface area contributed by atoms with E-state index in [-0.39, 0.29) is 34.6 Å². The molecule has 1 aromatic carbocycles. The second-order valence-electron chi connectivity index (χ2n) is 4.19. The van der Waals surface area contributed by atoms with E-state index < -0.39 is 10.0 Å². The number of halogens is 2. The first-order valence-corrected chi connectivity index (χ1v) is 8.62. The maximum Gasteiger partial charge on any atom is 0.243 e. The molecular formula is C12H16Cl2N2O3S2. The number of ether oxygens (including phenoxy) is 1. The number of hydrogen-bond donors (Lipinski definition) is 1. The van der Waals surface area contributed by atoms with Crippen LogP contribution in [0.25, 0.3) is 0 Å². The summed E-state index contributed by atoms with van der Waals surface area (Å²) in [7, 11) is -2.22. The molecule has 0 saturated heterocycles. The van der Waals surface area contributed by atoms with Gasteiger partial charge in [0.1, 0.15) is 0 Å². The molecule has 2 N–H and O–H groups in total. The molecule has 21 heavy (non-hydrogen) atoms. The highest BCUT2D eigenvalue weighted by atomic mass is 35.5. The molecule has 0 radical (unpaired) electrons. The maximum absolute atomic E-state index is 12.6. The van der Waals surface area contributed by atoms with E-state index in [1.54, 1.807) is 0 Å². The molecule has 1 rings (SSSR count). The van der Waals surface area contributed by atoms with Crippen LogP contribution >= 0.6 is 35.4 Å². The summed E-state index contributed by atoms with van der Waals surface area (Å²) in [6.45, 7) is 0.640. The summed E-state index contributed by atoms with van der Waals surface area (Å²) in [5, 5.41) is 0.473. The third-order valence-electron chi connectivity index (χ3n) is 2.68. The summed E-state index contributed by atoms with van der Waals surface area (Å²) >= 11 is 16.5.